The van der Waals surface area contributed by atoms with Crippen LogP contribution < -0.4 is 27.1 Å². The van der Waals surface area contributed by atoms with Crippen LogP contribution in [0.5, 0.6) is 0 Å². The first-order valence-electron chi connectivity index (χ1n) is 11.1. The van der Waals surface area contributed by atoms with Crippen LogP contribution in [0.1, 0.15) is 28.4 Å². The van der Waals surface area contributed by atoms with Crippen molar-refractivity contribution < 1.29 is 14.4 Å². The van der Waals surface area contributed by atoms with Crippen molar-refractivity contribution in [2.75, 3.05) is 11.9 Å². The molecule has 182 valence electrons. The maximum Gasteiger partial charge on any atom is 0.272 e. The van der Waals surface area contributed by atoms with Gasteiger partial charge in [0.05, 0.1) is 35.5 Å². The molecule has 3 amide bonds. The Hall–Kier alpha value is -4.99. The molecule has 0 saturated carbocycles. The standard InChI is InChI=1S/C26H23N5O5/c32-21(14-20(16-8-3-1-4-9-16)29-24(34)17-10-5-2-6-11-17)27-15-22(33)28-19-13-7-12-18-23(19)26(36)31-30-25(18)35/h1-13,20H,14-15H2,(H,27,32)(H,28,33)(H,29,34)(H,30,35)(H,31,36). The predicted molar refractivity (Wildman–Crippen MR) is 135 cm³/mol. The van der Waals surface area contributed by atoms with Crippen LogP contribution in [-0.4, -0.2) is 34.5 Å². The van der Waals surface area contributed by atoms with E-state index in [-0.39, 0.29) is 35.3 Å². The quantitative estimate of drug-likeness (QED) is 0.258. The smallest absolute Gasteiger partial charge is 0.272 e. The number of amides is 3. The third-order valence-corrected chi connectivity index (χ3v) is 5.48. The molecule has 0 saturated heterocycles. The second kappa shape index (κ2) is 11.0. The molecule has 0 aliphatic rings. The molecule has 0 spiro atoms. The molecule has 5 N–H and O–H groups in total. The summed E-state index contributed by atoms with van der Waals surface area (Å²) in [7, 11) is 0. The molecule has 1 aromatic heterocycles. The van der Waals surface area contributed by atoms with Crippen molar-refractivity contribution in [2.24, 2.45) is 0 Å². The average Bonchev–Trinajstić information content (AvgIpc) is 2.90. The molecule has 3 aromatic carbocycles. The Labute approximate surface area is 204 Å². The Bertz CT molecular complexity index is 1510. The number of carbonyl (C=O) groups is 3. The van der Waals surface area contributed by atoms with Gasteiger partial charge in [0.25, 0.3) is 17.0 Å². The summed E-state index contributed by atoms with van der Waals surface area (Å²) in [6.45, 7) is -0.371. The van der Waals surface area contributed by atoms with E-state index in [1.807, 2.05) is 6.07 Å². The molecule has 10 heteroatoms. The zero-order valence-corrected chi connectivity index (χ0v) is 19.0. The molecule has 0 fully saturated rings. The molecule has 0 bridgehead atoms. The molecule has 0 radical (unpaired) electrons. The van der Waals surface area contributed by atoms with E-state index >= 15 is 0 Å². The van der Waals surface area contributed by atoms with Crippen LogP contribution in [0, 0.1) is 0 Å². The molecular formula is C26H23N5O5. The van der Waals surface area contributed by atoms with Gasteiger partial charge in [-0.25, -0.2) is 0 Å². The van der Waals surface area contributed by atoms with E-state index in [2.05, 4.69) is 26.1 Å². The highest BCUT2D eigenvalue weighted by Gasteiger charge is 2.20. The number of fused-ring (bicyclic) bond motifs is 1. The largest absolute Gasteiger partial charge is 0.347 e. The lowest BCUT2D eigenvalue weighted by Gasteiger charge is -2.19. The second-order valence-corrected chi connectivity index (χ2v) is 7.97. The summed E-state index contributed by atoms with van der Waals surface area (Å²) in [4.78, 5) is 61.9. The number of anilines is 1. The number of hydrogen-bond donors (Lipinski definition) is 5. The van der Waals surface area contributed by atoms with Crippen LogP contribution in [0.15, 0.2) is 88.5 Å². The number of rotatable bonds is 8. The highest BCUT2D eigenvalue weighted by Crippen LogP contribution is 2.18. The van der Waals surface area contributed by atoms with Gasteiger partial charge in [-0.2, -0.15) is 0 Å². The highest BCUT2D eigenvalue weighted by molar-refractivity contribution is 6.02. The SMILES string of the molecule is O=C(CC(NC(=O)c1ccccc1)c1ccccc1)NCC(=O)Nc1cccc2c(=O)[nH][nH]c(=O)c12. The summed E-state index contributed by atoms with van der Waals surface area (Å²) in [5.74, 6) is -1.37. The molecule has 1 unspecified atom stereocenters. The first kappa shape index (κ1) is 24.1. The number of aromatic nitrogens is 2. The molecule has 10 nitrogen and oxygen atoms in total. The lowest BCUT2D eigenvalue weighted by Crippen LogP contribution is -2.37. The van der Waals surface area contributed by atoms with E-state index in [0.717, 1.165) is 5.56 Å². The lowest BCUT2D eigenvalue weighted by atomic mass is 10.0. The zero-order chi connectivity index (χ0) is 25.5. The second-order valence-electron chi connectivity index (χ2n) is 7.97. The maximum atomic E-state index is 12.7. The summed E-state index contributed by atoms with van der Waals surface area (Å²) in [6.07, 6.45) is -0.0980. The molecule has 1 atom stereocenters. The summed E-state index contributed by atoms with van der Waals surface area (Å²) >= 11 is 0. The van der Waals surface area contributed by atoms with E-state index in [1.165, 1.54) is 18.2 Å². The summed E-state index contributed by atoms with van der Waals surface area (Å²) in [6, 6.07) is 21.6. The van der Waals surface area contributed by atoms with Crippen molar-refractivity contribution in [2.45, 2.75) is 12.5 Å². The first-order chi connectivity index (χ1) is 17.4. The van der Waals surface area contributed by atoms with E-state index in [1.54, 1.807) is 54.6 Å². The first-order valence-corrected chi connectivity index (χ1v) is 11.1. The van der Waals surface area contributed by atoms with Gasteiger partial charge in [-0.3, -0.25) is 34.2 Å². The number of aromatic amines is 2. The maximum absolute atomic E-state index is 12.7. The fourth-order valence-electron chi connectivity index (χ4n) is 3.73. The third-order valence-electron chi connectivity index (χ3n) is 5.48. The van der Waals surface area contributed by atoms with E-state index in [9.17, 15) is 24.0 Å². The number of benzene rings is 3. The minimum absolute atomic E-state index is 0.0358. The van der Waals surface area contributed by atoms with Gasteiger partial charge in [-0.15, -0.1) is 0 Å². The fourth-order valence-corrected chi connectivity index (χ4v) is 3.73. The fraction of sp³-hybridized carbons (Fsp3) is 0.115. The predicted octanol–water partition coefficient (Wildman–Crippen LogP) is 1.83. The van der Waals surface area contributed by atoms with Gasteiger partial charge in [-0.05, 0) is 29.8 Å². The minimum Gasteiger partial charge on any atom is -0.347 e. The minimum atomic E-state index is -0.620. The van der Waals surface area contributed by atoms with Gasteiger partial charge in [-0.1, -0.05) is 54.6 Å². The Kier molecular flexibility index (Phi) is 7.35. The number of hydrogen-bond acceptors (Lipinski definition) is 5. The van der Waals surface area contributed by atoms with Gasteiger partial charge in [0.1, 0.15) is 0 Å². The molecule has 0 aliphatic carbocycles. The topological polar surface area (TPSA) is 153 Å². The molecule has 0 aliphatic heterocycles. The Balaban J connectivity index is 1.41. The Morgan fingerprint density at radius 2 is 1.42 bits per heavy atom. The van der Waals surface area contributed by atoms with Crippen molar-refractivity contribution in [3.63, 3.8) is 0 Å². The van der Waals surface area contributed by atoms with Gasteiger partial charge in [0.15, 0.2) is 0 Å². The number of H-pyrrole nitrogens is 2. The van der Waals surface area contributed by atoms with E-state index < -0.39 is 29.0 Å². The summed E-state index contributed by atoms with van der Waals surface area (Å²) in [5, 5.41) is 12.6. The summed E-state index contributed by atoms with van der Waals surface area (Å²) < 4.78 is 0. The number of carbonyl (C=O) groups excluding carboxylic acids is 3. The molecule has 4 aromatic rings. The Morgan fingerprint density at radius 1 is 0.750 bits per heavy atom. The van der Waals surface area contributed by atoms with Crippen LogP contribution in [0.4, 0.5) is 5.69 Å². The van der Waals surface area contributed by atoms with Gasteiger partial charge in [0.2, 0.25) is 11.8 Å². The molecule has 36 heavy (non-hydrogen) atoms. The number of nitrogens with one attached hydrogen (secondary N) is 5. The van der Waals surface area contributed by atoms with Crippen molar-refractivity contribution in [1.82, 2.24) is 20.8 Å². The monoisotopic (exact) mass is 485 g/mol. The zero-order valence-electron chi connectivity index (χ0n) is 19.0. The van der Waals surface area contributed by atoms with Crippen LogP contribution in [-0.2, 0) is 9.59 Å². The van der Waals surface area contributed by atoms with Gasteiger partial charge >= 0.3 is 0 Å². The van der Waals surface area contributed by atoms with E-state index in [0.29, 0.717) is 5.56 Å². The Morgan fingerprint density at radius 3 is 2.14 bits per heavy atom. The van der Waals surface area contributed by atoms with Gasteiger partial charge < -0.3 is 16.0 Å². The third kappa shape index (κ3) is 5.73. The van der Waals surface area contributed by atoms with E-state index in [4.69, 9.17) is 0 Å². The lowest BCUT2D eigenvalue weighted by molar-refractivity contribution is -0.124. The molecular weight excluding hydrogens is 462 g/mol. The summed E-state index contributed by atoms with van der Waals surface area (Å²) in [5.41, 5.74) is 0.281. The van der Waals surface area contributed by atoms with Crippen LogP contribution in [0.2, 0.25) is 0 Å². The van der Waals surface area contributed by atoms with Crippen molar-refractivity contribution in [3.8, 4) is 0 Å². The normalized spacial score (nSPS) is 11.4. The van der Waals surface area contributed by atoms with Gasteiger partial charge in [0, 0.05) is 5.56 Å². The van der Waals surface area contributed by atoms with Crippen molar-refractivity contribution in [1.29, 1.82) is 0 Å². The molecule has 4 rings (SSSR count). The average molecular weight is 486 g/mol. The van der Waals surface area contributed by atoms with Crippen LogP contribution in [0.25, 0.3) is 10.8 Å². The molecule has 1 heterocycles. The van der Waals surface area contributed by atoms with Crippen molar-refractivity contribution in [3.05, 3.63) is 111 Å². The highest BCUT2D eigenvalue weighted by atomic mass is 16.2. The van der Waals surface area contributed by atoms with Crippen LogP contribution in [0.3, 0.4) is 0 Å². The van der Waals surface area contributed by atoms with Crippen LogP contribution >= 0.6 is 0 Å². The van der Waals surface area contributed by atoms with Crippen molar-refractivity contribution >= 4 is 34.2 Å².